The monoisotopic (exact) mass is 207 g/mol. The Hall–Kier alpha value is -1.58. The molecule has 0 aliphatic heterocycles. The van der Waals surface area contributed by atoms with Crippen LogP contribution in [0.3, 0.4) is 0 Å². The number of hydrogen-bond donors (Lipinski definition) is 0. The lowest BCUT2D eigenvalue weighted by molar-refractivity contribution is 0.0598. The number of carbonyl (C=O) groups is 1. The van der Waals surface area contributed by atoms with E-state index >= 15 is 0 Å². The number of aromatic nitrogens is 1. The summed E-state index contributed by atoms with van der Waals surface area (Å²) in [4.78, 5) is 15.3. The smallest absolute Gasteiger partial charge is 0.338 e. The Morgan fingerprint density at radius 1 is 1.53 bits per heavy atom. The first-order chi connectivity index (χ1) is 7.29. The van der Waals surface area contributed by atoms with Gasteiger partial charge in [-0.15, -0.1) is 0 Å². The lowest BCUT2D eigenvalue weighted by Gasteiger charge is -2.25. The highest BCUT2D eigenvalue weighted by Crippen LogP contribution is 2.24. The summed E-state index contributed by atoms with van der Waals surface area (Å²) in [5.74, 6) is 0.137. The van der Waals surface area contributed by atoms with E-state index in [1.54, 1.807) is 18.3 Å². The highest BCUT2D eigenvalue weighted by molar-refractivity contribution is 5.89. The van der Waals surface area contributed by atoms with Crippen molar-refractivity contribution in [2.75, 3.05) is 7.11 Å². The van der Waals surface area contributed by atoms with Gasteiger partial charge in [-0.2, -0.15) is 0 Å². The van der Waals surface area contributed by atoms with Crippen molar-refractivity contribution >= 4 is 5.97 Å². The summed E-state index contributed by atoms with van der Waals surface area (Å²) in [6.07, 6.45) is 5.18. The van der Waals surface area contributed by atoms with Crippen LogP contribution in [0.1, 0.15) is 29.6 Å². The quantitative estimate of drug-likeness (QED) is 0.709. The molecule has 0 amide bonds. The van der Waals surface area contributed by atoms with Gasteiger partial charge in [0.15, 0.2) is 0 Å². The summed E-state index contributed by atoms with van der Waals surface area (Å²) in [5, 5.41) is 0. The summed E-state index contributed by atoms with van der Waals surface area (Å²) in [5.41, 5.74) is 0.474. The number of hydrogen-bond acceptors (Lipinski definition) is 4. The molecule has 1 aromatic rings. The third-order valence-electron chi connectivity index (χ3n) is 2.50. The van der Waals surface area contributed by atoms with Crippen LogP contribution in [0.5, 0.6) is 5.88 Å². The van der Waals surface area contributed by atoms with Gasteiger partial charge in [0.05, 0.1) is 12.7 Å². The van der Waals surface area contributed by atoms with Gasteiger partial charge in [0.25, 0.3) is 0 Å². The lowest BCUT2D eigenvalue weighted by Crippen LogP contribution is -2.25. The predicted octanol–water partition coefficient (Wildman–Crippen LogP) is 1.80. The first kappa shape index (κ1) is 9.96. The Bertz CT molecular complexity index is 361. The van der Waals surface area contributed by atoms with Crippen LogP contribution >= 0.6 is 0 Å². The van der Waals surface area contributed by atoms with Crippen LogP contribution in [-0.4, -0.2) is 24.2 Å². The van der Waals surface area contributed by atoms with Crippen LogP contribution < -0.4 is 4.74 Å². The molecule has 0 atom stereocenters. The SMILES string of the molecule is COC(=O)c1ccnc(OC2CCC2)c1. The molecule has 4 heteroatoms. The Morgan fingerprint density at radius 3 is 2.93 bits per heavy atom. The number of ether oxygens (including phenoxy) is 2. The van der Waals surface area contributed by atoms with Crippen LogP contribution in [0.4, 0.5) is 0 Å². The predicted molar refractivity (Wildman–Crippen MR) is 53.8 cm³/mol. The van der Waals surface area contributed by atoms with Crippen molar-refractivity contribution in [3.05, 3.63) is 23.9 Å². The molecule has 0 aromatic carbocycles. The van der Waals surface area contributed by atoms with E-state index in [2.05, 4.69) is 9.72 Å². The fourth-order valence-electron chi connectivity index (χ4n) is 1.38. The maximum Gasteiger partial charge on any atom is 0.338 e. The third-order valence-corrected chi connectivity index (χ3v) is 2.50. The Kier molecular flexibility index (Phi) is 2.85. The van der Waals surface area contributed by atoms with Gasteiger partial charge in [-0.25, -0.2) is 9.78 Å². The van der Waals surface area contributed by atoms with Gasteiger partial charge in [0.1, 0.15) is 6.10 Å². The van der Waals surface area contributed by atoms with Gasteiger partial charge in [-0.3, -0.25) is 0 Å². The zero-order valence-corrected chi connectivity index (χ0v) is 8.60. The molecule has 4 nitrogen and oxygen atoms in total. The Labute approximate surface area is 88.2 Å². The molecule has 0 N–H and O–H groups in total. The summed E-state index contributed by atoms with van der Waals surface area (Å²) in [7, 11) is 1.36. The maximum atomic E-state index is 11.2. The molecular formula is C11H13NO3. The van der Waals surface area contributed by atoms with E-state index in [1.165, 1.54) is 13.5 Å². The van der Waals surface area contributed by atoms with Gasteiger partial charge < -0.3 is 9.47 Å². The number of rotatable bonds is 3. The van der Waals surface area contributed by atoms with Crippen LogP contribution in [0.25, 0.3) is 0 Å². The minimum absolute atomic E-state index is 0.269. The number of methoxy groups -OCH3 is 1. The van der Waals surface area contributed by atoms with E-state index in [4.69, 9.17) is 4.74 Å². The average Bonchev–Trinajstić information content (AvgIpc) is 2.23. The summed E-state index contributed by atoms with van der Waals surface area (Å²) >= 11 is 0. The van der Waals surface area contributed by atoms with Crippen molar-refractivity contribution in [3.63, 3.8) is 0 Å². The number of esters is 1. The van der Waals surface area contributed by atoms with E-state index in [0.717, 1.165) is 12.8 Å². The second kappa shape index (κ2) is 4.29. The average molecular weight is 207 g/mol. The molecule has 15 heavy (non-hydrogen) atoms. The van der Waals surface area contributed by atoms with Crippen molar-refractivity contribution < 1.29 is 14.3 Å². The second-order valence-electron chi connectivity index (χ2n) is 3.55. The van der Waals surface area contributed by atoms with E-state index in [1.807, 2.05) is 0 Å². The highest BCUT2D eigenvalue weighted by atomic mass is 16.5. The number of carbonyl (C=O) groups excluding carboxylic acids is 1. The molecule has 1 aliphatic rings. The summed E-state index contributed by atoms with van der Waals surface area (Å²) in [6.45, 7) is 0. The third kappa shape index (κ3) is 2.26. The van der Waals surface area contributed by atoms with Crippen molar-refractivity contribution in [2.45, 2.75) is 25.4 Å². The van der Waals surface area contributed by atoms with Gasteiger partial charge in [0.2, 0.25) is 5.88 Å². The molecule has 1 heterocycles. The van der Waals surface area contributed by atoms with Gasteiger partial charge in [-0.1, -0.05) is 0 Å². The van der Waals surface area contributed by atoms with E-state index < -0.39 is 0 Å². The normalized spacial score (nSPS) is 15.5. The lowest BCUT2D eigenvalue weighted by atomic mass is 9.96. The first-order valence-electron chi connectivity index (χ1n) is 5.00. The van der Waals surface area contributed by atoms with Gasteiger partial charge >= 0.3 is 5.97 Å². The molecule has 1 aromatic heterocycles. The van der Waals surface area contributed by atoms with E-state index in [0.29, 0.717) is 11.4 Å². The fraction of sp³-hybridized carbons (Fsp3) is 0.455. The molecule has 80 valence electrons. The topological polar surface area (TPSA) is 48.4 Å². The minimum Gasteiger partial charge on any atom is -0.474 e. The zero-order chi connectivity index (χ0) is 10.7. The maximum absolute atomic E-state index is 11.2. The molecule has 2 rings (SSSR count). The largest absolute Gasteiger partial charge is 0.474 e. The fourth-order valence-corrected chi connectivity index (χ4v) is 1.38. The molecule has 0 saturated heterocycles. The first-order valence-corrected chi connectivity index (χ1v) is 5.00. The number of nitrogens with zero attached hydrogens (tertiary/aromatic N) is 1. The van der Waals surface area contributed by atoms with Crippen LogP contribution in [0.2, 0.25) is 0 Å². The van der Waals surface area contributed by atoms with Crippen LogP contribution in [0, 0.1) is 0 Å². The van der Waals surface area contributed by atoms with Crippen molar-refractivity contribution in [2.24, 2.45) is 0 Å². The van der Waals surface area contributed by atoms with E-state index in [9.17, 15) is 4.79 Å². The summed E-state index contributed by atoms with van der Waals surface area (Å²) < 4.78 is 10.2. The molecule has 0 spiro atoms. The standard InChI is InChI=1S/C11H13NO3/c1-14-11(13)8-5-6-12-10(7-8)15-9-3-2-4-9/h5-7,9H,2-4H2,1H3. The molecule has 0 radical (unpaired) electrons. The molecular weight excluding hydrogens is 194 g/mol. The molecule has 1 aliphatic carbocycles. The Balaban J connectivity index is 2.07. The number of pyridine rings is 1. The van der Waals surface area contributed by atoms with Crippen LogP contribution in [0.15, 0.2) is 18.3 Å². The second-order valence-corrected chi connectivity index (χ2v) is 3.55. The molecule has 0 unspecified atom stereocenters. The van der Waals surface area contributed by atoms with Crippen LogP contribution in [-0.2, 0) is 4.74 Å². The van der Waals surface area contributed by atoms with E-state index in [-0.39, 0.29) is 12.1 Å². The Morgan fingerprint density at radius 2 is 2.33 bits per heavy atom. The molecule has 0 bridgehead atoms. The summed E-state index contributed by atoms with van der Waals surface area (Å²) in [6, 6.07) is 3.23. The minimum atomic E-state index is -0.365. The zero-order valence-electron chi connectivity index (χ0n) is 8.60. The van der Waals surface area contributed by atoms with Crippen molar-refractivity contribution in [1.29, 1.82) is 0 Å². The highest BCUT2D eigenvalue weighted by Gasteiger charge is 2.20. The van der Waals surface area contributed by atoms with Crippen molar-refractivity contribution in [1.82, 2.24) is 4.98 Å². The molecule has 1 fully saturated rings. The van der Waals surface area contributed by atoms with Gasteiger partial charge in [0, 0.05) is 12.3 Å². The molecule has 1 saturated carbocycles. The van der Waals surface area contributed by atoms with Gasteiger partial charge in [-0.05, 0) is 25.3 Å². The van der Waals surface area contributed by atoms with Crippen molar-refractivity contribution in [3.8, 4) is 5.88 Å².